The lowest BCUT2D eigenvalue weighted by molar-refractivity contribution is 0.0243. The summed E-state index contributed by atoms with van der Waals surface area (Å²) in [5, 5.41) is 1.66. The lowest BCUT2D eigenvalue weighted by Gasteiger charge is -2.29. The SMILES string of the molecule is Cc1c(-c2cc(C(=O)NS(=O)(=O)c3cnc(N)s3)c3c(O[C@H](C)C4CCOCC4)ccc(C)c3n2)sc2ccccc12. The Kier molecular flexibility index (Phi) is 7.64. The molecule has 1 aliphatic heterocycles. The molecule has 1 atom stereocenters. The molecule has 9 nitrogen and oxygen atoms in total. The van der Waals surface area contributed by atoms with Crippen LogP contribution in [-0.4, -0.2) is 43.6 Å². The standard InChI is InChI=1S/C30H30N4O5S3/c1-16-8-9-23(39-18(3)19-10-12-38-13-11-19)26-21(29(35)34-42(36,37)25-15-32-30(31)41-25)14-22(33-27(16)26)28-17(2)20-6-4-5-7-24(20)40-28/h4-9,14-15,18-19H,10-13H2,1-3H3,(H2,31,32)(H,34,35)/t18-/m1/s1. The molecule has 6 rings (SSSR count). The maximum Gasteiger partial charge on any atom is 0.275 e. The Balaban J connectivity index is 1.51. The molecule has 1 saturated heterocycles. The molecule has 1 aliphatic rings. The van der Waals surface area contributed by atoms with Crippen LogP contribution >= 0.6 is 22.7 Å². The Hall–Kier alpha value is -3.58. The third kappa shape index (κ3) is 5.35. The van der Waals surface area contributed by atoms with Gasteiger partial charge in [0.15, 0.2) is 9.34 Å². The summed E-state index contributed by atoms with van der Waals surface area (Å²) in [5.41, 5.74) is 8.86. The number of ether oxygens (including phenoxy) is 2. The zero-order valence-electron chi connectivity index (χ0n) is 23.3. The molecule has 1 fully saturated rings. The van der Waals surface area contributed by atoms with Crippen molar-refractivity contribution < 1.29 is 22.7 Å². The van der Waals surface area contributed by atoms with Crippen LogP contribution in [0.15, 0.2) is 52.9 Å². The number of aryl methyl sites for hydroxylation is 2. The summed E-state index contributed by atoms with van der Waals surface area (Å²) in [6.07, 6.45) is 2.74. The number of hydrogen-bond acceptors (Lipinski definition) is 10. The smallest absolute Gasteiger partial charge is 0.275 e. The van der Waals surface area contributed by atoms with E-state index in [1.54, 1.807) is 17.4 Å². The number of nitrogens with zero attached hydrogens (tertiary/aromatic N) is 2. The fraction of sp³-hybridized carbons (Fsp3) is 0.300. The maximum atomic E-state index is 13.9. The van der Waals surface area contributed by atoms with E-state index in [0.29, 0.717) is 35.6 Å². The molecule has 0 bridgehead atoms. The van der Waals surface area contributed by atoms with E-state index in [1.165, 1.54) is 0 Å². The van der Waals surface area contributed by atoms with Crippen molar-refractivity contribution in [3.63, 3.8) is 0 Å². The van der Waals surface area contributed by atoms with Crippen molar-refractivity contribution in [1.82, 2.24) is 14.7 Å². The third-order valence-corrected chi connectivity index (χ3v) is 11.6. The van der Waals surface area contributed by atoms with Crippen LogP contribution in [0.1, 0.15) is 41.3 Å². The van der Waals surface area contributed by atoms with Crippen LogP contribution in [-0.2, 0) is 14.8 Å². The molecule has 0 saturated carbocycles. The van der Waals surface area contributed by atoms with Crippen molar-refractivity contribution in [2.45, 2.75) is 43.9 Å². The van der Waals surface area contributed by atoms with Crippen molar-refractivity contribution in [2.24, 2.45) is 5.92 Å². The molecule has 12 heteroatoms. The number of aromatic nitrogens is 2. The molecule has 1 amide bonds. The Morgan fingerprint density at radius 3 is 2.62 bits per heavy atom. The second-order valence-electron chi connectivity index (χ2n) is 10.4. The fourth-order valence-electron chi connectivity index (χ4n) is 5.36. The van der Waals surface area contributed by atoms with Gasteiger partial charge in [-0.3, -0.25) is 4.79 Å². The number of benzene rings is 2. The van der Waals surface area contributed by atoms with Gasteiger partial charge in [0, 0.05) is 17.9 Å². The first-order valence-corrected chi connectivity index (χ1v) is 16.7. The summed E-state index contributed by atoms with van der Waals surface area (Å²) < 4.78 is 41.5. The van der Waals surface area contributed by atoms with Gasteiger partial charge in [0.25, 0.3) is 15.9 Å². The zero-order chi connectivity index (χ0) is 29.6. The van der Waals surface area contributed by atoms with Crippen molar-refractivity contribution in [2.75, 3.05) is 18.9 Å². The predicted molar refractivity (Wildman–Crippen MR) is 167 cm³/mol. The summed E-state index contributed by atoms with van der Waals surface area (Å²) in [6.45, 7) is 7.32. The number of nitrogens with one attached hydrogen (secondary N) is 1. The lowest BCUT2D eigenvalue weighted by atomic mass is 9.94. The number of carbonyl (C=O) groups excluding carboxylic acids is 1. The Labute approximate surface area is 251 Å². The van der Waals surface area contributed by atoms with Gasteiger partial charge in [0.1, 0.15) is 5.75 Å². The zero-order valence-corrected chi connectivity index (χ0v) is 25.8. The second kappa shape index (κ2) is 11.3. The maximum absolute atomic E-state index is 13.9. The summed E-state index contributed by atoms with van der Waals surface area (Å²) in [6, 6.07) is 13.5. The van der Waals surface area contributed by atoms with Crippen molar-refractivity contribution in [3.8, 4) is 16.3 Å². The third-order valence-electron chi connectivity index (χ3n) is 7.68. The van der Waals surface area contributed by atoms with E-state index in [0.717, 1.165) is 56.5 Å². The highest BCUT2D eigenvalue weighted by Gasteiger charge is 2.28. The Bertz CT molecular complexity index is 1930. The van der Waals surface area contributed by atoms with Crippen molar-refractivity contribution >= 4 is 64.7 Å². The largest absolute Gasteiger partial charge is 0.490 e. The number of fused-ring (bicyclic) bond motifs is 2. The summed E-state index contributed by atoms with van der Waals surface area (Å²) >= 11 is 2.37. The van der Waals surface area contributed by atoms with Gasteiger partial charge in [0.05, 0.1) is 39.3 Å². The first-order valence-electron chi connectivity index (χ1n) is 13.6. The summed E-state index contributed by atoms with van der Waals surface area (Å²) in [4.78, 5) is 23.7. The number of amides is 1. The number of sulfonamides is 1. The van der Waals surface area contributed by atoms with Crippen LogP contribution in [0, 0.1) is 19.8 Å². The van der Waals surface area contributed by atoms with Crippen molar-refractivity contribution in [1.29, 1.82) is 0 Å². The van der Waals surface area contributed by atoms with Crippen LogP contribution in [0.25, 0.3) is 31.6 Å². The minimum atomic E-state index is -4.22. The van der Waals surface area contributed by atoms with E-state index in [2.05, 4.69) is 15.8 Å². The number of hydrogen-bond donors (Lipinski definition) is 2. The quantitative estimate of drug-likeness (QED) is 0.223. The van der Waals surface area contributed by atoms with E-state index in [4.69, 9.17) is 20.2 Å². The number of rotatable bonds is 7. The van der Waals surface area contributed by atoms with Gasteiger partial charge in [-0.25, -0.2) is 23.1 Å². The average molecular weight is 623 g/mol. The highest BCUT2D eigenvalue weighted by atomic mass is 32.2. The summed E-state index contributed by atoms with van der Waals surface area (Å²) in [7, 11) is -4.22. The van der Waals surface area contributed by atoms with Crippen LogP contribution in [0.3, 0.4) is 0 Å². The number of anilines is 1. The van der Waals surface area contributed by atoms with E-state index >= 15 is 0 Å². The summed E-state index contributed by atoms with van der Waals surface area (Å²) in [5.74, 6) is -0.0205. The molecule has 5 aromatic rings. The number of nitrogens with two attached hydrogens (primary N) is 1. The molecule has 3 N–H and O–H groups in total. The first kappa shape index (κ1) is 28.5. The van der Waals surface area contributed by atoms with Crippen molar-refractivity contribution in [3.05, 3.63) is 65.4 Å². The van der Waals surface area contributed by atoms with Gasteiger partial charge in [0.2, 0.25) is 0 Å². The molecular weight excluding hydrogens is 593 g/mol. The van der Waals surface area contributed by atoms with Gasteiger partial charge < -0.3 is 15.2 Å². The monoisotopic (exact) mass is 622 g/mol. The van der Waals surface area contributed by atoms with Gasteiger partial charge in [-0.2, -0.15) is 0 Å². The lowest BCUT2D eigenvalue weighted by Crippen LogP contribution is -2.31. The minimum absolute atomic E-state index is 0.0909. The molecule has 3 aromatic heterocycles. The van der Waals surface area contributed by atoms with Crippen LogP contribution in [0.4, 0.5) is 5.13 Å². The molecule has 4 heterocycles. The topological polar surface area (TPSA) is 134 Å². The van der Waals surface area contributed by atoms with E-state index < -0.39 is 15.9 Å². The number of thiazole rings is 1. The average Bonchev–Trinajstić information content (AvgIpc) is 3.58. The van der Waals surface area contributed by atoms with Gasteiger partial charge in [-0.1, -0.05) is 35.6 Å². The molecule has 0 unspecified atom stereocenters. The minimum Gasteiger partial charge on any atom is -0.490 e. The van der Waals surface area contributed by atoms with E-state index in [1.807, 2.05) is 51.1 Å². The van der Waals surface area contributed by atoms with Crippen LogP contribution in [0.2, 0.25) is 0 Å². The molecular formula is C30H30N4O5S3. The molecule has 2 aromatic carbocycles. The molecule has 0 radical (unpaired) electrons. The molecule has 218 valence electrons. The molecule has 42 heavy (non-hydrogen) atoms. The fourth-order valence-corrected chi connectivity index (χ4v) is 8.41. The predicted octanol–water partition coefficient (Wildman–Crippen LogP) is 6.08. The molecule has 0 spiro atoms. The van der Waals surface area contributed by atoms with Crippen LogP contribution < -0.4 is 15.2 Å². The Morgan fingerprint density at radius 1 is 1.14 bits per heavy atom. The first-order chi connectivity index (χ1) is 20.1. The highest BCUT2D eigenvalue weighted by Crippen LogP contribution is 2.41. The highest BCUT2D eigenvalue weighted by molar-refractivity contribution is 7.92. The number of pyridine rings is 1. The van der Waals surface area contributed by atoms with Gasteiger partial charge >= 0.3 is 0 Å². The van der Waals surface area contributed by atoms with Gasteiger partial charge in [-0.15, -0.1) is 11.3 Å². The number of carbonyl (C=O) groups is 1. The van der Waals surface area contributed by atoms with E-state index in [-0.39, 0.29) is 26.9 Å². The van der Waals surface area contributed by atoms with Crippen LogP contribution in [0.5, 0.6) is 5.75 Å². The normalized spacial score (nSPS) is 15.2. The van der Waals surface area contributed by atoms with E-state index in [9.17, 15) is 13.2 Å². The van der Waals surface area contributed by atoms with Gasteiger partial charge in [-0.05, 0) is 74.2 Å². The second-order valence-corrected chi connectivity index (χ2v) is 14.5. The molecule has 0 aliphatic carbocycles. The number of nitrogen functional groups attached to an aromatic ring is 1. The Morgan fingerprint density at radius 2 is 1.90 bits per heavy atom. The number of thiophene rings is 1.